The van der Waals surface area contributed by atoms with Crippen LogP contribution in [0.15, 0.2) is 24.3 Å². The third kappa shape index (κ3) is 4.19. The van der Waals surface area contributed by atoms with Crippen molar-refractivity contribution in [2.45, 2.75) is 25.4 Å². The van der Waals surface area contributed by atoms with Gasteiger partial charge < -0.3 is 5.11 Å². The Bertz CT molecular complexity index is 368. The first-order valence-corrected chi connectivity index (χ1v) is 5.30. The molecule has 0 radical (unpaired) electrons. The first-order chi connectivity index (χ1) is 7.95. The predicted octanol–water partition coefficient (Wildman–Crippen LogP) is 2.78. The fourth-order valence-electron chi connectivity index (χ4n) is 1.40. The SMILES string of the molecule is O=C(CCCC[OH2+])c1ccc(C(F)(F)F)cc1. The van der Waals surface area contributed by atoms with E-state index < -0.39 is 11.7 Å². The molecule has 0 bridgehead atoms. The molecule has 0 spiro atoms. The highest BCUT2D eigenvalue weighted by atomic mass is 19.4. The van der Waals surface area contributed by atoms with Gasteiger partial charge in [0.15, 0.2) is 5.78 Å². The minimum Gasteiger partial charge on any atom is -0.445 e. The number of hydrogen-bond acceptors (Lipinski definition) is 1. The highest BCUT2D eigenvalue weighted by molar-refractivity contribution is 5.96. The second-order valence-corrected chi connectivity index (χ2v) is 3.71. The van der Waals surface area contributed by atoms with Crippen molar-refractivity contribution in [2.24, 2.45) is 0 Å². The lowest BCUT2D eigenvalue weighted by molar-refractivity contribution is -0.137. The Morgan fingerprint density at radius 2 is 1.71 bits per heavy atom. The number of rotatable bonds is 5. The number of unbranched alkanes of at least 4 members (excludes halogenated alkanes) is 1. The van der Waals surface area contributed by atoms with Crippen molar-refractivity contribution < 1.29 is 23.1 Å². The standard InChI is InChI=1S/C12H13F3O2/c13-12(14,15)10-6-4-9(5-7-10)11(17)3-1-2-8-16/h4-7,16H,1-3,8H2/p+1. The summed E-state index contributed by atoms with van der Waals surface area (Å²) in [7, 11) is 0. The number of carbonyl (C=O) groups is 1. The van der Waals surface area contributed by atoms with Gasteiger partial charge in [0, 0.05) is 18.4 Å². The maximum absolute atomic E-state index is 12.3. The van der Waals surface area contributed by atoms with Crippen molar-refractivity contribution >= 4 is 5.78 Å². The van der Waals surface area contributed by atoms with Crippen molar-refractivity contribution in [1.29, 1.82) is 0 Å². The molecule has 0 saturated carbocycles. The van der Waals surface area contributed by atoms with Crippen molar-refractivity contribution in [1.82, 2.24) is 0 Å². The summed E-state index contributed by atoms with van der Waals surface area (Å²) in [6.07, 6.45) is -2.85. The van der Waals surface area contributed by atoms with Crippen molar-refractivity contribution in [3.8, 4) is 0 Å². The van der Waals surface area contributed by atoms with Crippen LogP contribution in [0.1, 0.15) is 35.2 Å². The topological polar surface area (TPSA) is 40.0 Å². The van der Waals surface area contributed by atoms with Crippen molar-refractivity contribution in [3.05, 3.63) is 35.4 Å². The maximum atomic E-state index is 12.3. The van der Waals surface area contributed by atoms with Gasteiger partial charge in [0.05, 0.1) is 5.56 Å². The minimum absolute atomic E-state index is 0.174. The van der Waals surface area contributed by atoms with Gasteiger partial charge in [0.2, 0.25) is 0 Å². The molecule has 0 aliphatic heterocycles. The van der Waals surface area contributed by atoms with Gasteiger partial charge in [-0.25, -0.2) is 0 Å². The van der Waals surface area contributed by atoms with Crippen LogP contribution in [0, 0.1) is 0 Å². The maximum Gasteiger partial charge on any atom is 0.416 e. The Kier molecular flexibility index (Phi) is 4.69. The first-order valence-electron chi connectivity index (χ1n) is 5.30. The summed E-state index contributed by atoms with van der Waals surface area (Å²) >= 11 is 0. The molecule has 0 unspecified atom stereocenters. The summed E-state index contributed by atoms with van der Waals surface area (Å²) in [6, 6.07) is 4.23. The quantitative estimate of drug-likeness (QED) is 0.448. The van der Waals surface area contributed by atoms with Crippen LogP contribution >= 0.6 is 0 Å². The van der Waals surface area contributed by atoms with E-state index in [0.717, 1.165) is 12.1 Å². The van der Waals surface area contributed by atoms with Crippen molar-refractivity contribution in [3.63, 3.8) is 0 Å². The third-order valence-electron chi connectivity index (χ3n) is 2.36. The lowest BCUT2D eigenvalue weighted by Gasteiger charge is -2.07. The molecule has 1 aromatic carbocycles. The number of carbonyl (C=O) groups excluding carboxylic acids is 1. The van der Waals surface area contributed by atoms with Crippen LogP contribution in [-0.2, 0) is 6.18 Å². The van der Waals surface area contributed by atoms with E-state index in [1.807, 2.05) is 0 Å². The van der Waals surface area contributed by atoms with Gasteiger partial charge >= 0.3 is 6.18 Å². The summed E-state index contributed by atoms with van der Waals surface area (Å²) in [5.74, 6) is -0.174. The predicted molar refractivity (Wildman–Crippen MR) is 58.1 cm³/mol. The molecule has 2 N–H and O–H groups in total. The molecule has 1 aromatic rings. The average molecular weight is 247 g/mol. The van der Waals surface area contributed by atoms with Gasteiger partial charge in [0.25, 0.3) is 0 Å². The summed E-state index contributed by atoms with van der Waals surface area (Å²) in [5.41, 5.74) is -0.455. The first kappa shape index (κ1) is 13.7. The van der Waals surface area contributed by atoms with Gasteiger partial charge in [-0.3, -0.25) is 4.79 Å². The Morgan fingerprint density at radius 1 is 1.12 bits per heavy atom. The minimum atomic E-state index is -4.37. The third-order valence-corrected chi connectivity index (χ3v) is 2.36. The Hall–Kier alpha value is -1.36. The molecule has 0 amide bonds. The van der Waals surface area contributed by atoms with E-state index in [9.17, 15) is 18.0 Å². The molecular weight excluding hydrogens is 233 g/mol. The highest BCUT2D eigenvalue weighted by Gasteiger charge is 2.30. The molecule has 5 heteroatoms. The Labute approximate surface area is 97.1 Å². The molecule has 2 nitrogen and oxygen atoms in total. The second kappa shape index (κ2) is 5.82. The molecule has 0 aromatic heterocycles. The smallest absolute Gasteiger partial charge is 0.416 e. The summed E-state index contributed by atoms with van der Waals surface area (Å²) in [4.78, 5) is 11.5. The van der Waals surface area contributed by atoms with E-state index in [2.05, 4.69) is 0 Å². The molecular formula is C12H14F3O2+. The number of alkyl halides is 3. The number of benzene rings is 1. The molecule has 0 fully saturated rings. The summed E-state index contributed by atoms with van der Waals surface area (Å²) < 4.78 is 36.8. The monoisotopic (exact) mass is 247 g/mol. The Balaban J connectivity index is 2.64. The van der Waals surface area contributed by atoms with Gasteiger partial charge in [-0.1, -0.05) is 12.1 Å². The van der Waals surface area contributed by atoms with E-state index in [0.29, 0.717) is 18.4 Å². The van der Waals surface area contributed by atoms with E-state index in [1.165, 1.54) is 12.1 Å². The molecule has 0 atom stereocenters. The fourth-order valence-corrected chi connectivity index (χ4v) is 1.40. The average Bonchev–Trinajstić information content (AvgIpc) is 2.28. The zero-order chi connectivity index (χ0) is 12.9. The van der Waals surface area contributed by atoms with Crippen LogP contribution in [0.25, 0.3) is 0 Å². The molecule has 17 heavy (non-hydrogen) atoms. The van der Waals surface area contributed by atoms with Gasteiger partial charge in [-0.2, -0.15) is 13.2 Å². The Morgan fingerprint density at radius 3 is 2.18 bits per heavy atom. The van der Waals surface area contributed by atoms with E-state index in [4.69, 9.17) is 5.11 Å². The summed E-state index contributed by atoms with van der Waals surface area (Å²) in [6.45, 7) is 0.264. The highest BCUT2D eigenvalue weighted by Crippen LogP contribution is 2.29. The molecule has 0 saturated heterocycles. The van der Waals surface area contributed by atoms with Gasteiger partial charge in [-0.15, -0.1) is 0 Å². The second-order valence-electron chi connectivity index (χ2n) is 3.71. The van der Waals surface area contributed by atoms with E-state index >= 15 is 0 Å². The summed E-state index contributed by atoms with van der Waals surface area (Å²) in [5, 5.41) is 6.91. The van der Waals surface area contributed by atoms with Crippen LogP contribution in [-0.4, -0.2) is 17.5 Å². The van der Waals surface area contributed by atoms with E-state index in [1.54, 1.807) is 0 Å². The van der Waals surface area contributed by atoms with Crippen molar-refractivity contribution in [2.75, 3.05) is 6.61 Å². The van der Waals surface area contributed by atoms with Crippen LogP contribution in [0.4, 0.5) is 13.2 Å². The lowest BCUT2D eigenvalue weighted by atomic mass is 10.0. The van der Waals surface area contributed by atoms with Crippen LogP contribution in [0.3, 0.4) is 0 Å². The van der Waals surface area contributed by atoms with Crippen LogP contribution < -0.4 is 0 Å². The van der Waals surface area contributed by atoms with Gasteiger partial charge in [-0.05, 0) is 18.6 Å². The van der Waals surface area contributed by atoms with E-state index in [-0.39, 0.29) is 18.8 Å². The molecule has 94 valence electrons. The number of hydrogen-bond donors (Lipinski definition) is 0. The number of Topliss-reactive ketones (excluding diaryl/α,β-unsaturated/α-hetero) is 1. The van der Waals surface area contributed by atoms with Crippen LogP contribution in [0.5, 0.6) is 0 Å². The molecule has 0 aliphatic carbocycles. The fraction of sp³-hybridized carbons (Fsp3) is 0.417. The zero-order valence-electron chi connectivity index (χ0n) is 9.18. The largest absolute Gasteiger partial charge is 0.445 e. The number of halogens is 3. The normalized spacial score (nSPS) is 11.5. The lowest BCUT2D eigenvalue weighted by Crippen LogP contribution is -2.06. The van der Waals surface area contributed by atoms with Gasteiger partial charge in [0.1, 0.15) is 6.61 Å². The van der Waals surface area contributed by atoms with Crippen LogP contribution in [0.2, 0.25) is 0 Å². The molecule has 0 heterocycles. The molecule has 1 rings (SSSR count). The number of ketones is 1. The zero-order valence-corrected chi connectivity index (χ0v) is 9.18. The molecule has 0 aliphatic rings.